The molecule has 0 amide bonds. The van der Waals surface area contributed by atoms with Gasteiger partial charge in [0.25, 0.3) is 0 Å². The van der Waals surface area contributed by atoms with Gasteiger partial charge in [-0.3, -0.25) is 0 Å². The molecular formula is C11H14N2O. The van der Waals surface area contributed by atoms with Crippen molar-refractivity contribution in [2.24, 2.45) is 0 Å². The Hall–Kier alpha value is -1.64. The normalized spacial score (nSPS) is 17.6. The van der Waals surface area contributed by atoms with Gasteiger partial charge in [0, 0.05) is 26.5 Å². The van der Waals surface area contributed by atoms with Gasteiger partial charge in [-0.05, 0) is 24.3 Å². The third-order valence-corrected chi connectivity index (χ3v) is 2.35. The van der Waals surface area contributed by atoms with Crippen LogP contribution in [0.4, 0.5) is 0 Å². The molecular weight excluding hydrogens is 176 g/mol. The summed E-state index contributed by atoms with van der Waals surface area (Å²) in [7, 11) is 4.11. The maximum absolute atomic E-state index is 5.22. The summed E-state index contributed by atoms with van der Waals surface area (Å²) in [5, 5.41) is 0. The molecule has 0 atom stereocenters. The molecule has 0 aliphatic carbocycles. The highest BCUT2D eigenvalue weighted by Crippen LogP contribution is 2.14. The SMILES string of the molecule is CN1C=CN(C)C1C=Cc1ccco1. The average molecular weight is 190 g/mol. The molecule has 0 saturated heterocycles. The van der Waals surface area contributed by atoms with Crippen LogP contribution in [0.3, 0.4) is 0 Å². The predicted octanol–water partition coefficient (Wildman–Crippen LogP) is 1.97. The lowest BCUT2D eigenvalue weighted by molar-refractivity contribution is 0.258. The standard InChI is InChI=1S/C11H14N2O/c1-12-7-8-13(2)11(12)6-5-10-4-3-9-14-10/h3-9,11H,1-2H3. The molecule has 2 heterocycles. The van der Waals surface area contributed by atoms with E-state index in [9.17, 15) is 0 Å². The van der Waals surface area contributed by atoms with Crippen molar-refractivity contribution in [3.05, 3.63) is 42.6 Å². The van der Waals surface area contributed by atoms with E-state index in [-0.39, 0.29) is 0 Å². The first-order chi connectivity index (χ1) is 6.77. The first-order valence-corrected chi connectivity index (χ1v) is 4.61. The molecule has 3 heteroatoms. The summed E-state index contributed by atoms with van der Waals surface area (Å²) in [5.74, 6) is 0.888. The zero-order valence-electron chi connectivity index (χ0n) is 8.42. The zero-order chi connectivity index (χ0) is 9.97. The minimum atomic E-state index is 0.292. The second-order valence-corrected chi connectivity index (χ2v) is 3.42. The second-order valence-electron chi connectivity index (χ2n) is 3.42. The summed E-state index contributed by atoms with van der Waals surface area (Å²) in [6.07, 6.45) is 10.2. The van der Waals surface area contributed by atoms with E-state index >= 15 is 0 Å². The van der Waals surface area contributed by atoms with Crippen LogP contribution < -0.4 is 0 Å². The van der Waals surface area contributed by atoms with E-state index in [1.165, 1.54) is 0 Å². The largest absolute Gasteiger partial charge is 0.465 e. The first-order valence-electron chi connectivity index (χ1n) is 4.61. The Kier molecular flexibility index (Phi) is 2.31. The van der Waals surface area contributed by atoms with Gasteiger partial charge < -0.3 is 14.2 Å². The number of rotatable bonds is 2. The Morgan fingerprint density at radius 3 is 2.57 bits per heavy atom. The van der Waals surface area contributed by atoms with Crippen LogP contribution in [0.25, 0.3) is 6.08 Å². The van der Waals surface area contributed by atoms with Crippen molar-refractivity contribution in [2.75, 3.05) is 14.1 Å². The van der Waals surface area contributed by atoms with E-state index in [0.717, 1.165) is 5.76 Å². The zero-order valence-corrected chi connectivity index (χ0v) is 8.42. The van der Waals surface area contributed by atoms with Crippen molar-refractivity contribution in [1.82, 2.24) is 9.80 Å². The topological polar surface area (TPSA) is 19.6 Å². The Labute approximate surface area is 83.9 Å². The number of furan rings is 1. The highest BCUT2D eigenvalue weighted by Gasteiger charge is 2.16. The van der Waals surface area contributed by atoms with E-state index in [2.05, 4.69) is 42.4 Å². The van der Waals surface area contributed by atoms with Crippen LogP contribution in [0.1, 0.15) is 5.76 Å². The fourth-order valence-electron chi connectivity index (χ4n) is 1.51. The molecule has 0 saturated carbocycles. The van der Waals surface area contributed by atoms with Crippen LogP contribution in [0.2, 0.25) is 0 Å². The molecule has 2 rings (SSSR count). The van der Waals surface area contributed by atoms with Gasteiger partial charge in [0.05, 0.1) is 6.26 Å². The molecule has 0 N–H and O–H groups in total. The van der Waals surface area contributed by atoms with Gasteiger partial charge >= 0.3 is 0 Å². The van der Waals surface area contributed by atoms with Crippen LogP contribution in [0.5, 0.6) is 0 Å². The van der Waals surface area contributed by atoms with Crippen molar-refractivity contribution >= 4 is 6.08 Å². The summed E-state index contributed by atoms with van der Waals surface area (Å²) in [6.45, 7) is 0. The van der Waals surface area contributed by atoms with Gasteiger partial charge in [-0.2, -0.15) is 0 Å². The third-order valence-electron chi connectivity index (χ3n) is 2.35. The molecule has 1 aliphatic heterocycles. The molecule has 0 unspecified atom stereocenters. The number of hydrogen-bond donors (Lipinski definition) is 0. The van der Waals surface area contributed by atoms with Crippen molar-refractivity contribution in [1.29, 1.82) is 0 Å². The fraction of sp³-hybridized carbons (Fsp3) is 0.273. The lowest BCUT2D eigenvalue weighted by Crippen LogP contribution is -2.31. The summed E-state index contributed by atoms with van der Waals surface area (Å²) in [6, 6.07) is 3.83. The van der Waals surface area contributed by atoms with Crippen LogP contribution in [0, 0.1) is 0 Å². The maximum Gasteiger partial charge on any atom is 0.126 e. The average Bonchev–Trinajstić information content (AvgIpc) is 2.76. The van der Waals surface area contributed by atoms with Crippen molar-refractivity contribution in [3.63, 3.8) is 0 Å². The lowest BCUT2D eigenvalue weighted by Gasteiger charge is -2.23. The molecule has 3 nitrogen and oxygen atoms in total. The first kappa shape index (κ1) is 8.94. The van der Waals surface area contributed by atoms with Crippen LogP contribution in [-0.4, -0.2) is 30.1 Å². The summed E-state index contributed by atoms with van der Waals surface area (Å²) >= 11 is 0. The number of hydrogen-bond acceptors (Lipinski definition) is 3. The molecule has 0 aromatic carbocycles. The number of nitrogens with zero attached hydrogens (tertiary/aromatic N) is 2. The minimum Gasteiger partial charge on any atom is -0.465 e. The van der Waals surface area contributed by atoms with Gasteiger partial charge in [0.15, 0.2) is 0 Å². The van der Waals surface area contributed by atoms with Gasteiger partial charge in [-0.25, -0.2) is 0 Å². The molecule has 0 bridgehead atoms. The van der Waals surface area contributed by atoms with E-state index in [1.54, 1.807) is 6.26 Å². The highest BCUT2D eigenvalue weighted by atomic mass is 16.3. The lowest BCUT2D eigenvalue weighted by atomic mass is 10.3. The Balaban J connectivity index is 2.04. The predicted molar refractivity (Wildman–Crippen MR) is 56.2 cm³/mol. The molecule has 1 aromatic rings. The second kappa shape index (κ2) is 3.62. The van der Waals surface area contributed by atoms with Gasteiger partial charge in [-0.1, -0.05) is 0 Å². The summed E-state index contributed by atoms with van der Waals surface area (Å²) < 4.78 is 5.22. The van der Waals surface area contributed by atoms with E-state index in [0.29, 0.717) is 6.17 Å². The highest BCUT2D eigenvalue weighted by molar-refractivity contribution is 5.43. The van der Waals surface area contributed by atoms with Gasteiger partial charge in [0.1, 0.15) is 11.9 Å². The van der Waals surface area contributed by atoms with Gasteiger partial charge in [0.2, 0.25) is 0 Å². The van der Waals surface area contributed by atoms with Gasteiger partial charge in [-0.15, -0.1) is 0 Å². The van der Waals surface area contributed by atoms with Crippen molar-refractivity contribution in [2.45, 2.75) is 6.17 Å². The molecule has 74 valence electrons. The van der Waals surface area contributed by atoms with E-state index in [4.69, 9.17) is 4.42 Å². The molecule has 0 fully saturated rings. The summed E-state index contributed by atoms with van der Waals surface area (Å²) in [4.78, 5) is 4.28. The molecule has 14 heavy (non-hydrogen) atoms. The van der Waals surface area contributed by atoms with Crippen molar-refractivity contribution in [3.8, 4) is 0 Å². The van der Waals surface area contributed by atoms with Crippen LogP contribution in [0.15, 0.2) is 41.3 Å². The third kappa shape index (κ3) is 1.66. The molecule has 0 spiro atoms. The Morgan fingerprint density at radius 1 is 1.29 bits per heavy atom. The van der Waals surface area contributed by atoms with Crippen molar-refractivity contribution < 1.29 is 4.42 Å². The van der Waals surface area contributed by atoms with E-state index < -0.39 is 0 Å². The monoisotopic (exact) mass is 190 g/mol. The molecule has 0 radical (unpaired) electrons. The minimum absolute atomic E-state index is 0.292. The van der Waals surface area contributed by atoms with Crippen LogP contribution >= 0.6 is 0 Å². The number of likely N-dealkylation sites (N-methyl/N-ethyl adjacent to an activating group) is 2. The quantitative estimate of drug-likeness (QED) is 0.710. The summed E-state index contributed by atoms with van der Waals surface area (Å²) in [5.41, 5.74) is 0. The fourth-order valence-corrected chi connectivity index (χ4v) is 1.51. The molecule has 1 aromatic heterocycles. The van der Waals surface area contributed by atoms with E-state index in [1.807, 2.05) is 18.2 Å². The molecule has 1 aliphatic rings. The van der Waals surface area contributed by atoms with Crippen LogP contribution in [-0.2, 0) is 0 Å². The smallest absolute Gasteiger partial charge is 0.126 e. The Bertz CT molecular complexity index is 328. The maximum atomic E-state index is 5.22. The Morgan fingerprint density at radius 2 is 2.00 bits per heavy atom.